The Kier molecular flexibility index (Phi) is 7.09. The molecule has 3 aromatic carbocycles. The Morgan fingerprint density at radius 3 is 2.26 bits per heavy atom. The molecule has 3 N–H and O–H groups in total. The van der Waals surface area contributed by atoms with Crippen LogP contribution >= 0.6 is 0 Å². The Bertz CT molecular complexity index is 1140. The third-order valence-corrected chi connectivity index (χ3v) is 5.60. The lowest BCUT2D eigenvalue weighted by Gasteiger charge is -2.21. The highest BCUT2D eigenvalue weighted by Crippen LogP contribution is 2.24. The van der Waals surface area contributed by atoms with Gasteiger partial charge in [0.15, 0.2) is 0 Å². The number of sulfonamides is 1. The molecule has 1 atom stereocenters. The minimum absolute atomic E-state index is 0.248. The second kappa shape index (κ2) is 9.76. The maximum absolute atomic E-state index is 12.9. The number of hydrogen-bond acceptors (Lipinski definition) is 4. The molecule has 0 aliphatic rings. The van der Waals surface area contributed by atoms with Gasteiger partial charge < -0.3 is 10.1 Å². The van der Waals surface area contributed by atoms with Crippen molar-refractivity contribution >= 4 is 15.9 Å². The van der Waals surface area contributed by atoms with Crippen molar-refractivity contribution in [2.45, 2.75) is 25.6 Å². The van der Waals surface area contributed by atoms with Crippen molar-refractivity contribution in [1.29, 1.82) is 0 Å². The van der Waals surface area contributed by atoms with E-state index < -0.39 is 16.1 Å². The number of para-hydroxylation sites is 1. The van der Waals surface area contributed by atoms with E-state index in [1.807, 2.05) is 62.4 Å². The molecule has 0 saturated heterocycles. The zero-order valence-electron chi connectivity index (χ0n) is 17.5. The van der Waals surface area contributed by atoms with Crippen LogP contribution in [0.15, 0.2) is 72.8 Å². The van der Waals surface area contributed by atoms with Gasteiger partial charge in [-0.15, -0.1) is 0 Å². The van der Waals surface area contributed by atoms with Gasteiger partial charge in [-0.05, 0) is 48.2 Å². The number of nitrogens with two attached hydrogens (primary N) is 1. The van der Waals surface area contributed by atoms with E-state index in [2.05, 4.69) is 5.32 Å². The van der Waals surface area contributed by atoms with Crippen molar-refractivity contribution in [3.05, 3.63) is 101 Å². The van der Waals surface area contributed by atoms with Gasteiger partial charge in [0.05, 0.1) is 11.8 Å². The van der Waals surface area contributed by atoms with E-state index in [0.717, 1.165) is 22.4 Å². The molecule has 3 aromatic rings. The Balaban J connectivity index is 1.81. The van der Waals surface area contributed by atoms with Crippen LogP contribution in [0.2, 0.25) is 0 Å². The molecule has 1 unspecified atom stereocenters. The fraction of sp³-hybridized carbons (Fsp3) is 0.208. The van der Waals surface area contributed by atoms with Gasteiger partial charge in [0.25, 0.3) is 5.91 Å². The molecular formula is C24H26N2O4S. The average molecular weight is 439 g/mol. The zero-order valence-corrected chi connectivity index (χ0v) is 18.4. The summed E-state index contributed by atoms with van der Waals surface area (Å²) in [5, 5.41) is 8.13. The van der Waals surface area contributed by atoms with Gasteiger partial charge in [0, 0.05) is 5.56 Å². The van der Waals surface area contributed by atoms with Crippen LogP contribution in [-0.2, 0) is 15.8 Å². The van der Waals surface area contributed by atoms with Crippen molar-refractivity contribution < 1.29 is 17.9 Å². The number of carbonyl (C=O) groups is 1. The fourth-order valence-electron chi connectivity index (χ4n) is 3.38. The van der Waals surface area contributed by atoms with Crippen LogP contribution in [0.5, 0.6) is 5.75 Å². The summed E-state index contributed by atoms with van der Waals surface area (Å²) in [5.74, 6) is 0.148. The van der Waals surface area contributed by atoms with Crippen molar-refractivity contribution in [2.24, 2.45) is 5.14 Å². The highest BCUT2D eigenvalue weighted by atomic mass is 32.2. The van der Waals surface area contributed by atoms with Crippen LogP contribution < -0.4 is 15.2 Å². The van der Waals surface area contributed by atoms with Crippen LogP contribution in [0, 0.1) is 13.8 Å². The number of benzene rings is 3. The molecule has 3 rings (SSSR count). The molecule has 6 nitrogen and oxygen atoms in total. The lowest BCUT2D eigenvalue weighted by atomic mass is 10.1. The molecule has 0 aliphatic heterocycles. The Morgan fingerprint density at radius 1 is 0.968 bits per heavy atom. The standard InChI is InChI=1S/C24H26N2O4S/c1-17-8-6-9-18(2)23(17)30-15-22(20-11-4-3-5-12-20)26-24(27)21-13-7-10-19(14-21)16-31(25,28)29/h3-14,22H,15-16H2,1-2H3,(H,26,27)(H2,25,28,29). The Morgan fingerprint density at radius 2 is 1.61 bits per heavy atom. The summed E-state index contributed by atoms with van der Waals surface area (Å²) < 4.78 is 28.9. The first kappa shape index (κ1) is 22.5. The largest absolute Gasteiger partial charge is 0.491 e. The minimum atomic E-state index is -3.68. The lowest BCUT2D eigenvalue weighted by molar-refractivity contribution is 0.0921. The molecule has 0 radical (unpaired) electrons. The smallest absolute Gasteiger partial charge is 0.251 e. The third kappa shape index (κ3) is 6.41. The number of hydrogen-bond donors (Lipinski definition) is 2. The summed E-state index contributed by atoms with van der Waals surface area (Å²) >= 11 is 0. The van der Waals surface area contributed by atoms with Crippen LogP contribution in [0.3, 0.4) is 0 Å². The van der Waals surface area contributed by atoms with Gasteiger partial charge in [-0.3, -0.25) is 4.79 Å². The molecule has 0 aliphatic carbocycles. The molecule has 0 bridgehead atoms. The predicted molar refractivity (Wildman–Crippen MR) is 121 cm³/mol. The summed E-state index contributed by atoms with van der Waals surface area (Å²) in [6.07, 6.45) is 0. The first-order valence-electron chi connectivity index (χ1n) is 9.87. The summed E-state index contributed by atoms with van der Waals surface area (Å²) in [4.78, 5) is 12.9. The topological polar surface area (TPSA) is 98.5 Å². The lowest BCUT2D eigenvalue weighted by Crippen LogP contribution is -2.32. The molecule has 0 fully saturated rings. The summed E-state index contributed by atoms with van der Waals surface area (Å²) in [7, 11) is -3.68. The first-order valence-corrected chi connectivity index (χ1v) is 11.6. The number of amides is 1. The SMILES string of the molecule is Cc1cccc(C)c1OCC(NC(=O)c1cccc(CS(N)(=O)=O)c1)c1ccccc1. The summed E-state index contributed by atoms with van der Waals surface area (Å²) in [5.41, 5.74) is 3.76. The highest BCUT2D eigenvalue weighted by Gasteiger charge is 2.18. The number of primary sulfonamides is 1. The Hall–Kier alpha value is -3.16. The van der Waals surface area contributed by atoms with E-state index in [-0.39, 0.29) is 18.3 Å². The second-order valence-electron chi connectivity index (χ2n) is 7.48. The van der Waals surface area contributed by atoms with Crippen LogP contribution in [0.1, 0.15) is 38.7 Å². The summed E-state index contributed by atoms with van der Waals surface area (Å²) in [6, 6.07) is 21.5. The van der Waals surface area contributed by atoms with Gasteiger partial charge in [0.2, 0.25) is 10.0 Å². The van der Waals surface area contributed by atoms with Gasteiger partial charge in [-0.1, -0.05) is 60.7 Å². The first-order chi connectivity index (χ1) is 14.7. The van der Waals surface area contributed by atoms with Crippen LogP contribution in [0.4, 0.5) is 0 Å². The van der Waals surface area contributed by atoms with Gasteiger partial charge in [-0.2, -0.15) is 0 Å². The van der Waals surface area contributed by atoms with Gasteiger partial charge in [-0.25, -0.2) is 13.6 Å². The number of nitrogens with one attached hydrogen (secondary N) is 1. The maximum Gasteiger partial charge on any atom is 0.251 e. The summed E-state index contributed by atoms with van der Waals surface area (Å²) in [6.45, 7) is 4.21. The highest BCUT2D eigenvalue weighted by molar-refractivity contribution is 7.88. The molecule has 7 heteroatoms. The molecule has 0 aromatic heterocycles. The van der Waals surface area contributed by atoms with E-state index in [1.54, 1.807) is 18.2 Å². The van der Waals surface area contributed by atoms with E-state index >= 15 is 0 Å². The van der Waals surface area contributed by atoms with E-state index in [1.165, 1.54) is 6.07 Å². The van der Waals surface area contributed by atoms with Crippen molar-refractivity contribution in [3.63, 3.8) is 0 Å². The number of rotatable bonds is 8. The quantitative estimate of drug-likeness (QED) is 0.561. The van der Waals surface area contributed by atoms with Gasteiger partial charge >= 0.3 is 0 Å². The van der Waals surface area contributed by atoms with Crippen molar-refractivity contribution in [3.8, 4) is 5.75 Å². The normalized spacial score (nSPS) is 12.2. The molecular weight excluding hydrogens is 412 g/mol. The second-order valence-corrected chi connectivity index (χ2v) is 9.09. The van der Waals surface area contributed by atoms with Crippen LogP contribution in [0.25, 0.3) is 0 Å². The predicted octanol–water partition coefficient (Wildman–Crippen LogP) is 3.64. The fourth-order valence-corrected chi connectivity index (χ4v) is 4.02. The van der Waals surface area contributed by atoms with Gasteiger partial charge in [0.1, 0.15) is 12.4 Å². The van der Waals surface area contributed by atoms with E-state index in [4.69, 9.17) is 9.88 Å². The molecule has 162 valence electrons. The molecule has 1 amide bonds. The van der Waals surface area contributed by atoms with E-state index in [0.29, 0.717) is 11.1 Å². The minimum Gasteiger partial charge on any atom is -0.491 e. The molecule has 0 spiro atoms. The number of carbonyl (C=O) groups excluding carboxylic acids is 1. The average Bonchev–Trinajstić information content (AvgIpc) is 2.72. The number of aryl methyl sites for hydroxylation is 2. The molecule has 0 saturated carbocycles. The van der Waals surface area contributed by atoms with Crippen molar-refractivity contribution in [1.82, 2.24) is 5.32 Å². The molecule has 0 heterocycles. The number of ether oxygens (including phenoxy) is 1. The monoisotopic (exact) mass is 438 g/mol. The molecule has 31 heavy (non-hydrogen) atoms. The zero-order chi connectivity index (χ0) is 22.4. The van der Waals surface area contributed by atoms with Crippen LogP contribution in [-0.4, -0.2) is 20.9 Å². The van der Waals surface area contributed by atoms with E-state index in [9.17, 15) is 13.2 Å². The van der Waals surface area contributed by atoms with Crippen molar-refractivity contribution in [2.75, 3.05) is 6.61 Å². The third-order valence-electron chi connectivity index (χ3n) is 4.87. The Labute approximate surface area is 183 Å². The maximum atomic E-state index is 12.9.